The van der Waals surface area contributed by atoms with Gasteiger partial charge in [0.15, 0.2) is 0 Å². The monoisotopic (exact) mass is 399 g/mol. The van der Waals surface area contributed by atoms with E-state index in [9.17, 15) is 9.90 Å². The van der Waals surface area contributed by atoms with Crippen LogP contribution in [-0.4, -0.2) is 66.1 Å². The minimum Gasteiger partial charge on any atom is -0.508 e. The van der Waals surface area contributed by atoms with Crippen molar-refractivity contribution < 1.29 is 9.90 Å². The number of phenolic OH excluding ortho intramolecular Hbond substituents is 1. The van der Waals surface area contributed by atoms with Gasteiger partial charge in [0, 0.05) is 37.0 Å². The van der Waals surface area contributed by atoms with Gasteiger partial charge in [-0.1, -0.05) is 25.5 Å². The zero-order valence-electron chi connectivity index (χ0n) is 18.1. The molecule has 0 radical (unpaired) electrons. The number of carbonyl (C=O) groups is 1. The van der Waals surface area contributed by atoms with E-state index in [-0.39, 0.29) is 17.4 Å². The van der Waals surface area contributed by atoms with Crippen molar-refractivity contribution in [3.05, 3.63) is 29.8 Å². The number of phenols is 1. The third-order valence-corrected chi connectivity index (χ3v) is 7.79. The highest BCUT2D eigenvalue weighted by atomic mass is 16.3. The molecular weight excluding hydrogens is 362 g/mol. The zero-order valence-corrected chi connectivity index (χ0v) is 18.1. The van der Waals surface area contributed by atoms with E-state index in [0.29, 0.717) is 24.1 Å². The van der Waals surface area contributed by atoms with E-state index in [1.165, 1.54) is 24.8 Å². The van der Waals surface area contributed by atoms with Crippen molar-refractivity contribution in [2.75, 3.05) is 33.2 Å². The minimum atomic E-state index is 0.0268. The van der Waals surface area contributed by atoms with Gasteiger partial charge in [0.1, 0.15) is 5.75 Å². The van der Waals surface area contributed by atoms with Crippen LogP contribution in [0.1, 0.15) is 57.4 Å². The van der Waals surface area contributed by atoms with Gasteiger partial charge in [-0.3, -0.25) is 4.79 Å². The second-order valence-corrected chi connectivity index (χ2v) is 9.76. The van der Waals surface area contributed by atoms with Gasteiger partial charge in [0.25, 0.3) is 0 Å². The molecule has 29 heavy (non-hydrogen) atoms. The molecule has 0 spiro atoms. The number of carbonyl (C=O) groups excluding carboxylic acids is 1. The van der Waals surface area contributed by atoms with Gasteiger partial charge in [0.2, 0.25) is 5.91 Å². The molecule has 2 aliphatic heterocycles. The van der Waals surface area contributed by atoms with Crippen LogP contribution in [0, 0.1) is 5.92 Å². The summed E-state index contributed by atoms with van der Waals surface area (Å²) in [5.41, 5.74) is 1.26. The number of piperidine rings is 2. The number of amides is 1. The first-order chi connectivity index (χ1) is 14.0. The summed E-state index contributed by atoms with van der Waals surface area (Å²) in [6.45, 7) is 6.56. The molecule has 1 aromatic carbocycles. The number of hydrogen-bond acceptors (Lipinski definition) is 4. The molecule has 4 rings (SSSR count). The molecule has 4 atom stereocenters. The van der Waals surface area contributed by atoms with Crippen molar-refractivity contribution >= 4 is 5.91 Å². The predicted molar refractivity (Wildman–Crippen MR) is 116 cm³/mol. The Bertz CT molecular complexity index is 718. The molecule has 1 saturated carbocycles. The molecule has 1 aromatic rings. The maximum absolute atomic E-state index is 12.7. The lowest BCUT2D eigenvalue weighted by atomic mass is 9.57. The van der Waals surface area contributed by atoms with Crippen molar-refractivity contribution in [1.29, 1.82) is 0 Å². The van der Waals surface area contributed by atoms with Crippen LogP contribution in [0.3, 0.4) is 0 Å². The second-order valence-electron chi connectivity index (χ2n) is 9.76. The third-order valence-electron chi connectivity index (χ3n) is 7.79. The normalized spacial score (nSPS) is 33.4. The van der Waals surface area contributed by atoms with E-state index in [1.807, 2.05) is 12.1 Å². The first kappa shape index (κ1) is 20.7. The van der Waals surface area contributed by atoms with Gasteiger partial charge >= 0.3 is 0 Å². The van der Waals surface area contributed by atoms with Crippen LogP contribution >= 0.6 is 0 Å². The van der Waals surface area contributed by atoms with Crippen LogP contribution in [0.5, 0.6) is 5.75 Å². The van der Waals surface area contributed by atoms with Gasteiger partial charge in [-0.2, -0.15) is 0 Å². The quantitative estimate of drug-likeness (QED) is 0.799. The van der Waals surface area contributed by atoms with Crippen molar-refractivity contribution in [2.45, 2.75) is 69.4 Å². The molecule has 3 unspecified atom stereocenters. The number of rotatable bonds is 5. The highest BCUT2D eigenvalue weighted by Crippen LogP contribution is 2.50. The van der Waals surface area contributed by atoms with Gasteiger partial charge in [-0.25, -0.2) is 0 Å². The molecule has 2 bridgehead atoms. The Kier molecular flexibility index (Phi) is 6.16. The van der Waals surface area contributed by atoms with E-state index < -0.39 is 0 Å². The average Bonchev–Trinajstić information content (AvgIpc) is 2.71. The van der Waals surface area contributed by atoms with Gasteiger partial charge in [-0.05, 0) is 75.9 Å². The lowest BCUT2D eigenvalue weighted by Crippen LogP contribution is -2.60. The smallest absolute Gasteiger partial charge is 0.221 e. The molecule has 1 aliphatic carbocycles. The molecule has 3 aliphatic rings. The molecule has 5 nitrogen and oxygen atoms in total. The Morgan fingerprint density at radius 2 is 2.03 bits per heavy atom. The number of benzene rings is 1. The van der Waals surface area contributed by atoms with Crippen molar-refractivity contribution in [2.24, 2.45) is 5.92 Å². The Balaban J connectivity index is 1.45. The fraction of sp³-hybridized carbons (Fsp3) is 0.708. The molecule has 2 saturated heterocycles. The lowest BCUT2D eigenvalue weighted by molar-refractivity contribution is -0.123. The van der Waals surface area contributed by atoms with E-state index in [2.05, 4.69) is 35.2 Å². The van der Waals surface area contributed by atoms with Crippen LogP contribution in [0.4, 0.5) is 0 Å². The Labute approximate surface area is 175 Å². The molecule has 2 N–H and O–H groups in total. The highest BCUT2D eigenvalue weighted by molar-refractivity contribution is 5.76. The fourth-order valence-corrected chi connectivity index (χ4v) is 6.12. The minimum absolute atomic E-state index is 0.0268. The summed E-state index contributed by atoms with van der Waals surface area (Å²) in [5.74, 6) is 1.02. The Morgan fingerprint density at radius 1 is 1.24 bits per heavy atom. The summed E-state index contributed by atoms with van der Waals surface area (Å²) in [6.07, 6.45) is 7.57. The summed E-state index contributed by atoms with van der Waals surface area (Å²) in [6, 6.07) is 8.50. The van der Waals surface area contributed by atoms with Crippen LogP contribution in [0.2, 0.25) is 0 Å². The molecule has 160 valence electrons. The average molecular weight is 400 g/mol. The number of aromatic hydroxyl groups is 1. The highest BCUT2D eigenvalue weighted by Gasteiger charge is 2.50. The van der Waals surface area contributed by atoms with Crippen LogP contribution < -0.4 is 5.32 Å². The van der Waals surface area contributed by atoms with E-state index in [0.717, 1.165) is 45.4 Å². The van der Waals surface area contributed by atoms with Gasteiger partial charge in [0.05, 0.1) is 0 Å². The fourth-order valence-electron chi connectivity index (χ4n) is 6.12. The Hall–Kier alpha value is -1.59. The van der Waals surface area contributed by atoms with E-state index >= 15 is 0 Å². The van der Waals surface area contributed by atoms with Crippen molar-refractivity contribution in [3.63, 3.8) is 0 Å². The molecule has 3 fully saturated rings. The first-order valence-electron chi connectivity index (χ1n) is 11.5. The molecular formula is C24H37N3O2. The van der Waals surface area contributed by atoms with Crippen LogP contribution in [0.25, 0.3) is 0 Å². The summed E-state index contributed by atoms with van der Waals surface area (Å²) in [4.78, 5) is 17.6. The number of fused-ring (bicyclic) bond motifs is 2. The number of nitrogens with one attached hydrogen (secondary N) is 1. The molecule has 2 heterocycles. The summed E-state index contributed by atoms with van der Waals surface area (Å²) >= 11 is 0. The number of likely N-dealkylation sites (tertiary alicyclic amines) is 2. The lowest BCUT2D eigenvalue weighted by Gasteiger charge is -2.56. The topological polar surface area (TPSA) is 55.8 Å². The molecule has 1 amide bonds. The summed E-state index contributed by atoms with van der Waals surface area (Å²) in [7, 11) is 2.22. The maximum Gasteiger partial charge on any atom is 0.221 e. The SMILES string of the molecule is CC1CN(C)C2C[C@H](NC(=O)CCN3CCCCC3)CC1(c1cccc(O)c1)C2. The molecule has 0 aromatic heterocycles. The summed E-state index contributed by atoms with van der Waals surface area (Å²) < 4.78 is 0. The number of hydrogen-bond donors (Lipinski definition) is 2. The van der Waals surface area contributed by atoms with Crippen molar-refractivity contribution in [1.82, 2.24) is 15.1 Å². The molecule has 5 heteroatoms. The first-order valence-corrected chi connectivity index (χ1v) is 11.5. The van der Waals surface area contributed by atoms with Gasteiger partial charge in [-0.15, -0.1) is 0 Å². The van der Waals surface area contributed by atoms with Crippen LogP contribution in [0.15, 0.2) is 24.3 Å². The third kappa shape index (κ3) is 4.46. The zero-order chi connectivity index (χ0) is 20.4. The Morgan fingerprint density at radius 3 is 2.79 bits per heavy atom. The van der Waals surface area contributed by atoms with Crippen LogP contribution in [-0.2, 0) is 10.2 Å². The number of nitrogens with zero attached hydrogens (tertiary/aromatic N) is 2. The van der Waals surface area contributed by atoms with E-state index in [1.54, 1.807) is 6.07 Å². The second kappa shape index (κ2) is 8.65. The van der Waals surface area contributed by atoms with E-state index in [4.69, 9.17) is 0 Å². The largest absolute Gasteiger partial charge is 0.508 e. The summed E-state index contributed by atoms with van der Waals surface area (Å²) in [5, 5.41) is 13.5. The predicted octanol–water partition coefficient (Wildman–Crippen LogP) is 3.12. The maximum atomic E-state index is 12.7. The standard InChI is InChI=1S/C24H37N3O2/c1-18-17-26(2)21-14-20(25-23(29)9-12-27-10-4-3-5-11-27)15-24(18,16-21)19-7-6-8-22(28)13-19/h6-8,13,18,20-21,28H,3-5,9-12,14-17H2,1-2H3,(H,25,29)/t18?,20-,21?,24?/m0/s1. The van der Waals surface area contributed by atoms with Crippen molar-refractivity contribution in [3.8, 4) is 5.75 Å². The van der Waals surface area contributed by atoms with Gasteiger partial charge < -0.3 is 20.2 Å².